The van der Waals surface area contributed by atoms with Crippen molar-refractivity contribution in [1.29, 1.82) is 0 Å². The highest BCUT2D eigenvalue weighted by molar-refractivity contribution is 5.87. The van der Waals surface area contributed by atoms with Crippen LogP contribution in [-0.4, -0.2) is 15.9 Å². The summed E-state index contributed by atoms with van der Waals surface area (Å²) < 4.78 is 1.09. The molecular formula is C20H18N2O3. The Balaban J connectivity index is 2.42. The van der Waals surface area contributed by atoms with Crippen LogP contribution in [0.5, 0.6) is 0 Å². The first-order chi connectivity index (χ1) is 12.0. The third-order valence-electron chi connectivity index (χ3n) is 4.18. The van der Waals surface area contributed by atoms with Gasteiger partial charge in [-0.1, -0.05) is 60.7 Å². The van der Waals surface area contributed by atoms with Gasteiger partial charge in [0.05, 0.1) is 0 Å². The second-order valence-electron chi connectivity index (χ2n) is 5.75. The van der Waals surface area contributed by atoms with Crippen LogP contribution < -0.4 is 11.0 Å². The molecule has 0 radical (unpaired) electrons. The molecule has 0 saturated carbocycles. The van der Waals surface area contributed by atoms with E-state index < -0.39 is 6.09 Å². The summed E-state index contributed by atoms with van der Waals surface area (Å²) in [7, 11) is 0. The van der Waals surface area contributed by atoms with E-state index in [0.29, 0.717) is 11.3 Å². The Morgan fingerprint density at radius 2 is 1.36 bits per heavy atom. The van der Waals surface area contributed by atoms with Crippen LogP contribution in [0.25, 0.3) is 22.3 Å². The first kappa shape index (κ1) is 16.5. The molecular weight excluding hydrogens is 316 g/mol. The first-order valence-electron chi connectivity index (χ1n) is 7.87. The zero-order valence-electron chi connectivity index (χ0n) is 14.0. The number of carboxylic acid groups (broad SMARTS) is 1. The predicted octanol–water partition coefficient (Wildman–Crippen LogP) is 4.02. The SMILES string of the molecule is Cc1c(-c2ccccc2)c(-c2ccccc2)c(C)n(NC(=O)O)c1=O. The molecule has 5 heteroatoms. The van der Waals surface area contributed by atoms with Crippen molar-refractivity contribution in [2.45, 2.75) is 13.8 Å². The van der Waals surface area contributed by atoms with Gasteiger partial charge in [-0.25, -0.2) is 14.9 Å². The Hall–Kier alpha value is -3.34. The van der Waals surface area contributed by atoms with E-state index >= 15 is 0 Å². The van der Waals surface area contributed by atoms with Crippen LogP contribution in [0.4, 0.5) is 4.79 Å². The number of hydrogen-bond acceptors (Lipinski definition) is 2. The molecule has 25 heavy (non-hydrogen) atoms. The first-order valence-corrected chi connectivity index (χ1v) is 7.87. The van der Waals surface area contributed by atoms with E-state index in [4.69, 9.17) is 5.11 Å². The second kappa shape index (κ2) is 6.65. The standard InChI is InChI=1S/C20H18N2O3/c1-13-17(15-9-5-3-6-10-15)18(16-11-7-4-8-12-16)14(2)22(19(13)23)21-20(24)25/h3-12,21H,1-2H3,(H,24,25). The maximum atomic E-state index is 12.7. The van der Waals surface area contributed by atoms with Gasteiger partial charge in [-0.15, -0.1) is 0 Å². The lowest BCUT2D eigenvalue weighted by molar-refractivity contribution is 0.206. The molecule has 0 saturated heterocycles. The van der Waals surface area contributed by atoms with Gasteiger partial charge < -0.3 is 5.11 Å². The Morgan fingerprint density at radius 3 is 1.84 bits per heavy atom. The number of amides is 1. The number of benzene rings is 2. The van der Waals surface area contributed by atoms with E-state index in [-0.39, 0.29) is 5.56 Å². The van der Waals surface area contributed by atoms with Gasteiger partial charge in [0.15, 0.2) is 0 Å². The zero-order chi connectivity index (χ0) is 18.0. The molecule has 2 aromatic carbocycles. The zero-order valence-corrected chi connectivity index (χ0v) is 14.0. The molecule has 0 bridgehead atoms. The van der Waals surface area contributed by atoms with Gasteiger partial charge in [-0.05, 0) is 30.5 Å². The molecule has 1 aromatic heterocycles. The monoisotopic (exact) mass is 334 g/mol. The minimum Gasteiger partial charge on any atom is -0.464 e. The lowest BCUT2D eigenvalue weighted by Gasteiger charge is -2.20. The summed E-state index contributed by atoms with van der Waals surface area (Å²) in [5.74, 6) is 0. The molecule has 0 aliphatic rings. The molecule has 0 fully saturated rings. The van der Waals surface area contributed by atoms with Gasteiger partial charge in [0, 0.05) is 16.8 Å². The molecule has 1 heterocycles. The van der Waals surface area contributed by atoms with Gasteiger partial charge in [-0.3, -0.25) is 4.79 Å². The van der Waals surface area contributed by atoms with Crippen LogP contribution in [-0.2, 0) is 0 Å². The highest BCUT2D eigenvalue weighted by Crippen LogP contribution is 2.35. The van der Waals surface area contributed by atoms with Crippen molar-refractivity contribution in [2.75, 3.05) is 5.43 Å². The number of nitrogens with one attached hydrogen (secondary N) is 1. The molecule has 3 aromatic rings. The van der Waals surface area contributed by atoms with Gasteiger partial charge in [0.1, 0.15) is 0 Å². The van der Waals surface area contributed by atoms with E-state index in [1.54, 1.807) is 13.8 Å². The number of nitrogens with zero attached hydrogens (tertiary/aromatic N) is 1. The van der Waals surface area contributed by atoms with Crippen molar-refractivity contribution >= 4 is 6.09 Å². The Kier molecular flexibility index (Phi) is 4.39. The van der Waals surface area contributed by atoms with Crippen molar-refractivity contribution in [3.05, 3.63) is 82.3 Å². The minimum absolute atomic E-state index is 0.376. The van der Waals surface area contributed by atoms with Crippen LogP contribution in [0.1, 0.15) is 11.3 Å². The number of hydrogen-bond donors (Lipinski definition) is 2. The van der Waals surface area contributed by atoms with Gasteiger partial charge in [-0.2, -0.15) is 0 Å². The van der Waals surface area contributed by atoms with Gasteiger partial charge in [0.25, 0.3) is 5.56 Å². The molecule has 5 nitrogen and oxygen atoms in total. The largest absolute Gasteiger partial charge is 0.464 e. The maximum absolute atomic E-state index is 12.7. The molecule has 3 rings (SSSR count). The average molecular weight is 334 g/mol. The van der Waals surface area contributed by atoms with Gasteiger partial charge in [0.2, 0.25) is 0 Å². The number of aromatic nitrogens is 1. The third-order valence-corrected chi connectivity index (χ3v) is 4.18. The number of carbonyl (C=O) groups is 1. The lowest BCUT2D eigenvalue weighted by atomic mass is 9.90. The van der Waals surface area contributed by atoms with E-state index in [1.807, 2.05) is 60.7 Å². The maximum Gasteiger partial charge on any atom is 0.424 e. The second-order valence-corrected chi connectivity index (χ2v) is 5.75. The van der Waals surface area contributed by atoms with Crippen LogP contribution in [0.2, 0.25) is 0 Å². The number of pyridine rings is 1. The molecule has 2 N–H and O–H groups in total. The van der Waals surface area contributed by atoms with E-state index in [2.05, 4.69) is 5.43 Å². The van der Waals surface area contributed by atoms with Crippen molar-refractivity contribution in [2.24, 2.45) is 0 Å². The quantitative estimate of drug-likeness (QED) is 0.760. The van der Waals surface area contributed by atoms with E-state index in [1.165, 1.54) is 0 Å². The molecule has 0 unspecified atom stereocenters. The fourth-order valence-corrected chi connectivity index (χ4v) is 3.06. The Bertz CT molecular complexity index is 977. The topological polar surface area (TPSA) is 71.3 Å². The van der Waals surface area contributed by atoms with Gasteiger partial charge >= 0.3 is 6.09 Å². The summed E-state index contributed by atoms with van der Waals surface area (Å²) >= 11 is 0. The number of rotatable bonds is 3. The van der Waals surface area contributed by atoms with Crippen molar-refractivity contribution < 1.29 is 9.90 Å². The van der Waals surface area contributed by atoms with Crippen molar-refractivity contribution in [1.82, 2.24) is 4.68 Å². The molecule has 0 atom stereocenters. The normalized spacial score (nSPS) is 10.5. The van der Waals surface area contributed by atoms with Crippen molar-refractivity contribution in [3.8, 4) is 22.3 Å². The molecule has 126 valence electrons. The highest BCUT2D eigenvalue weighted by Gasteiger charge is 2.20. The van der Waals surface area contributed by atoms with E-state index in [0.717, 1.165) is 26.9 Å². The van der Waals surface area contributed by atoms with E-state index in [9.17, 15) is 9.59 Å². The Morgan fingerprint density at radius 1 is 0.880 bits per heavy atom. The smallest absolute Gasteiger partial charge is 0.424 e. The highest BCUT2D eigenvalue weighted by atomic mass is 16.4. The fraction of sp³-hybridized carbons (Fsp3) is 0.100. The van der Waals surface area contributed by atoms with Crippen LogP contribution in [0.3, 0.4) is 0 Å². The minimum atomic E-state index is -1.28. The predicted molar refractivity (Wildman–Crippen MR) is 98.4 cm³/mol. The summed E-state index contributed by atoms with van der Waals surface area (Å²) in [6, 6.07) is 19.3. The third kappa shape index (κ3) is 3.04. The summed E-state index contributed by atoms with van der Waals surface area (Å²) in [6.07, 6.45) is -1.28. The summed E-state index contributed by atoms with van der Waals surface area (Å²) in [4.78, 5) is 23.9. The van der Waals surface area contributed by atoms with Crippen LogP contribution >= 0.6 is 0 Å². The summed E-state index contributed by atoms with van der Waals surface area (Å²) in [5.41, 5.74) is 6.34. The van der Waals surface area contributed by atoms with Crippen molar-refractivity contribution in [3.63, 3.8) is 0 Å². The Labute approximate surface area is 145 Å². The summed E-state index contributed by atoms with van der Waals surface area (Å²) in [5, 5.41) is 9.08. The molecule has 1 amide bonds. The average Bonchev–Trinajstić information content (AvgIpc) is 2.63. The van der Waals surface area contributed by atoms with Crippen LogP contribution in [0, 0.1) is 13.8 Å². The molecule has 0 spiro atoms. The lowest BCUT2D eigenvalue weighted by Crippen LogP contribution is -2.36. The molecule has 0 aliphatic carbocycles. The molecule has 0 aliphatic heterocycles. The fourth-order valence-electron chi connectivity index (χ4n) is 3.06. The van der Waals surface area contributed by atoms with Crippen LogP contribution in [0.15, 0.2) is 65.5 Å². The summed E-state index contributed by atoms with van der Waals surface area (Å²) in [6.45, 7) is 3.46.